The predicted molar refractivity (Wildman–Crippen MR) is 125 cm³/mol. The number of carbonyl (C=O) groups is 1. The summed E-state index contributed by atoms with van der Waals surface area (Å²) in [6, 6.07) is 0. The first-order valence-corrected chi connectivity index (χ1v) is 12.8. The van der Waals surface area contributed by atoms with E-state index in [2.05, 4.69) is 22.5 Å². The molecule has 0 bridgehead atoms. The Morgan fingerprint density at radius 3 is 2.61 bits per heavy atom. The lowest BCUT2D eigenvalue weighted by molar-refractivity contribution is -0.277. The van der Waals surface area contributed by atoms with E-state index in [1.165, 1.54) is 45.2 Å². The lowest BCUT2D eigenvalue weighted by Crippen LogP contribution is -2.46. The second-order valence-electron chi connectivity index (χ2n) is 9.85. The molecule has 0 aromatic rings. The lowest BCUT2D eigenvalue weighted by Gasteiger charge is -2.29. The Morgan fingerprint density at radius 1 is 1.12 bits per heavy atom. The van der Waals surface area contributed by atoms with Crippen molar-refractivity contribution in [2.75, 3.05) is 53.0 Å². The predicted octanol–water partition coefficient (Wildman–Crippen LogP) is 2.63. The summed E-state index contributed by atoms with van der Waals surface area (Å²) in [6.45, 7) is 11.5. The third-order valence-electron chi connectivity index (χ3n) is 6.57. The molecule has 4 atom stereocenters. The summed E-state index contributed by atoms with van der Waals surface area (Å²) in [6.07, 6.45) is 6.36. The van der Waals surface area contributed by atoms with Crippen molar-refractivity contribution in [3.05, 3.63) is 0 Å². The van der Waals surface area contributed by atoms with Crippen molar-refractivity contribution in [2.24, 2.45) is 0 Å². The highest BCUT2D eigenvalue weighted by molar-refractivity contribution is 5.67. The molecule has 0 unspecified atom stereocenters. The molecule has 9 heteroatoms. The quantitative estimate of drug-likeness (QED) is 0.374. The molecule has 1 amide bonds. The number of carbonyl (C=O) groups excluding carboxylic acids is 1. The van der Waals surface area contributed by atoms with Crippen LogP contribution in [0.4, 0.5) is 4.79 Å². The summed E-state index contributed by atoms with van der Waals surface area (Å²) in [4.78, 5) is 14.6. The van der Waals surface area contributed by atoms with Gasteiger partial charge in [0.2, 0.25) is 5.79 Å². The molecule has 2 N–H and O–H groups in total. The average molecular weight is 472 g/mol. The highest BCUT2D eigenvalue weighted by Gasteiger charge is 2.66. The van der Waals surface area contributed by atoms with E-state index in [1.807, 2.05) is 13.8 Å². The molecule has 0 spiro atoms. The molecule has 3 rings (SSSR count). The van der Waals surface area contributed by atoms with Crippen molar-refractivity contribution in [3.63, 3.8) is 0 Å². The van der Waals surface area contributed by atoms with Crippen molar-refractivity contribution >= 4 is 6.09 Å². The first-order valence-electron chi connectivity index (χ1n) is 12.8. The minimum Gasteiger partial charge on any atom is -0.440 e. The van der Waals surface area contributed by atoms with Gasteiger partial charge < -0.3 is 39.2 Å². The highest BCUT2D eigenvalue weighted by Crippen LogP contribution is 2.46. The average Bonchev–Trinajstić information content (AvgIpc) is 3.45. The van der Waals surface area contributed by atoms with Crippen molar-refractivity contribution < 1.29 is 28.5 Å². The van der Waals surface area contributed by atoms with Crippen LogP contribution in [0.5, 0.6) is 0 Å². The topological polar surface area (TPSA) is 90.5 Å². The second-order valence-corrected chi connectivity index (χ2v) is 9.85. The molecular formula is C24H45N3O6. The zero-order valence-corrected chi connectivity index (χ0v) is 21.0. The van der Waals surface area contributed by atoms with Gasteiger partial charge in [0.05, 0.1) is 0 Å². The summed E-state index contributed by atoms with van der Waals surface area (Å²) in [5.74, 6) is -1.94. The van der Waals surface area contributed by atoms with Crippen LogP contribution in [0.3, 0.4) is 0 Å². The maximum absolute atomic E-state index is 12.1. The Hall–Kier alpha value is -0.970. The Labute approximate surface area is 199 Å². The fourth-order valence-electron chi connectivity index (χ4n) is 4.95. The molecule has 33 heavy (non-hydrogen) atoms. The lowest BCUT2D eigenvalue weighted by atomic mass is 10.1. The van der Waals surface area contributed by atoms with Gasteiger partial charge in [0.25, 0.3) is 0 Å². The number of hydrogen-bond acceptors (Lipinski definition) is 8. The molecule has 3 aliphatic heterocycles. The monoisotopic (exact) mass is 471 g/mol. The maximum Gasteiger partial charge on any atom is 0.407 e. The Kier molecular flexibility index (Phi) is 10.2. The fraction of sp³-hybridized carbons (Fsp3) is 0.958. The van der Waals surface area contributed by atoms with Crippen molar-refractivity contribution in [1.82, 2.24) is 15.5 Å². The maximum atomic E-state index is 12.1. The molecule has 0 aliphatic carbocycles. The minimum absolute atomic E-state index is 0.243. The van der Waals surface area contributed by atoms with Crippen molar-refractivity contribution in [1.29, 1.82) is 0 Å². The number of alkyl carbamates (subject to hydrolysis) is 1. The van der Waals surface area contributed by atoms with Crippen LogP contribution >= 0.6 is 0 Å². The third kappa shape index (κ3) is 7.50. The molecule has 3 saturated heterocycles. The molecule has 192 valence electrons. The van der Waals surface area contributed by atoms with Crippen LogP contribution in [0.15, 0.2) is 0 Å². The summed E-state index contributed by atoms with van der Waals surface area (Å²) in [5.41, 5.74) is 0. The van der Waals surface area contributed by atoms with Gasteiger partial charge >= 0.3 is 6.09 Å². The number of unbranched alkanes of at least 4 members (excludes halogenated alkanes) is 4. The van der Waals surface area contributed by atoms with Gasteiger partial charge in [-0.25, -0.2) is 4.79 Å². The highest BCUT2D eigenvalue weighted by atomic mass is 16.9. The van der Waals surface area contributed by atoms with Gasteiger partial charge in [-0.3, -0.25) is 0 Å². The summed E-state index contributed by atoms with van der Waals surface area (Å²) in [5, 5.41) is 6.00. The molecule has 0 aromatic heterocycles. The van der Waals surface area contributed by atoms with Crippen molar-refractivity contribution in [3.8, 4) is 0 Å². The van der Waals surface area contributed by atoms with Gasteiger partial charge in [-0.1, -0.05) is 32.6 Å². The number of likely N-dealkylation sites (tertiary alicyclic amines) is 1. The fourth-order valence-corrected chi connectivity index (χ4v) is 4.95. The van der Waals surface area contributed by atoms with E-state index >= 15 is 0 Å². The van der Waals surface area contributed by atoms with Crippen LogP contribution in [-0.2, 0) is 23.7 Å². The van der Waals surface area contributed by atoms with E-state index in [1.54, 1.807) is 7.05 Å². The number of rotatable bonds is 14. The number of ether oxygens (including phenoxy) is 5. The van der Waals surface area contributed by atoms with Crippen molar-refractivity contribution in [2.45, 2.75) is 95.6 Å². The molecule has 3 aliphatic rings. The molecule has 9 nitrogen and oxygen atoms in total. The van der Waals surface area contributed by atoms with E-state index in [9.17, 15) is 4.79 Å². The van der Waals surface area contributed by atoms with Gasteiger partial charge in [0.15, 0.2) is 18.0 Å². The van der Waals surface area contributed by atoms with E-state index in [0.717, 1.165) is 25.9 Å². The number of fused-ring (bicyclic) bond motifs is 1. The summed E-state index contributed by atoms with van der Waals surface area (Å²) < 4.78 is 30.6. The number of nitrogens with one attached hydrogen (secondary N) is 2. The van der Waals surface area contributed by atoms with Crippen LogP contribution in [-0.4, -0.2) is 93.9 Å². The zero-order valence-electron chi connectivity index (χ0n) is 21.0. The summed E-state index contributed by atoms with van der Waals surface area (Å²) in [7, 11) is 1.55. The normalized spacial score (nSPS) is 31.1. The molecule has 3 heterocycles. The van der Waals surface area contributed by atoms with Gasteiger partial charge in [-0.2, -0.15) is 0 Å². The number of nitrogens with zero attached hydrogens (tertiary/aromatic N) is 1. The largest absolute Gasteiger partial charge is 0.440 e. The molecular weight excluding hydrogens is 426 g/mol. The third-order valence-corrected chi connectivity index (χ3v) is 6.57. The van der Waals surface area contributed by atoms with Crippen LogP contribution < -0.4 is 10.6 Å². The Morgan fingerprint density at radius 2 is 1.88 bits per heavy atom. The van der Waals surface area contributed by atoms with Crippen LogP contribution in [0, 0.1) is 0 Å². The second kappa shape index (κ2) is 12.7. The Bertz CT molecular complexity index is 601. The zero-order chi connectivity index (χ0) is 23.7. The minimum atomic E-state index is -1.09. The van der Waals surface area contributed by atoms with E-state index in [4.69, 9.17) is 23.7 Å². The van der Waals surface area contributed by atoms with Gasteiger partial charge in [0, 0.05) is 33.3 Å². The van der Waals surface area contributed by atoms with Gasteiger partial charge in [-0.05, 0) is 46.2 Å². The number of amides is 1. The van der Waals surface area contributed by atoms with E-state index < -0.39 is 36.0 Å². The molecule has 3 fully saturated rings. The summed E-state index contributed by atoms with van der Waals surface area (Å²) >= 11 is 0. The van der Waals surface area contributed by atoms with Crippen LogP contribution in [0.1, 0.15) is 65.7 Å². The van der Waals surface area contributed by atoms with Crippen LogP contribution in [0.2, 0.25) is 0 Å². The van der Waals surface area contributed by atoms with Crippen LogP contribution in [0.25, 0.3) is 0 Å². The molecule has 0 aromatic carbocycles. The van der Waals surface area contributed by atoms with E-state index in [0.29, 0.717) is 13.2 Å². The Balaban J connectivity index is 1.57. The number of hydrogen-bond donors (Lipinski definition) is 2. The molecule has 0 radical (unpaired) electrons. The van der Waals surface area contributed by atoms with Gasteiger partial charge in [0.1, 0.15) is 12.7 Å². The smallest absolute Gasteiger partial charge is 0.407 e. The standard InChI is InChI=1S/C24H45N3O6/c1-5-6-7-8-11-16-29-18-24-21(32-23(2,3)33-24)20(30-22(28)25-4)19(31-24)17-26-12-15-27-13-9-10-14-27/h19-21,26H,5-18H2,1-4H3,(H,25,28)/t19-,20+,21-,24-/m0/s1. The van der Waals surface area contributed by atoms with E-state index in [-0.39, 0.29) is 6.61 Å². The first-order chi connectivity index (χ1) is 15.9. The molecule has 0 saturated carbocycles. The first kappa shape index (κ1) is 26.6. The van der Waals surface area contributed by atoms with Gasteiger partial charge in [-0.15, -0.1) is 0 Å². The SMILES string of the molecule is CCCCCCCOC[C@@]12O[C@@H](CNCCN3CCCC3)[C@@H](OC(=O)NC)[C@@H]1OC(C)(C)O2.